The molecule has 150 valence electrons. The van der Waals surface area contributed by atoms with Crippen molar-refractivity contribution in [1.82, 2.24) is 14.9 Å². The van der Waals surface area contributed by atoms with Crippen molar-refractivity contribution in [3.8, 4) is 0 Å². The Balaban J connectivity index is 1.59. The van der Waals surface area contributed by atoms with Gasteiger partial charge in [-0.2, -0.15) is 0 Å². The predicted octanol–water partition coefficient (Wildman–Crippen LogP) is 2.27. The average Bonchev–Trinajstić information content (AvgIpc) is 2.67. The van der Waals surface area contributed by atoms with Gasteiger partial charge in [0.2, 0.25) is 0 Å². The zero-order valence-corrected chi connectivity index (χ0v) is 16.6. The van der Waals surface area contributed by atoms with Crippen LogP contribution in [0.5, 0.6) is 0 Å². The van der Waals surface area contributed by atoms with E-state index in [9.17, 15) is 14.4 Å². The first kappa shape index (κ1) is 20.0. The van der Waals surface area contributed by atoms with Crippen molar-refractivity contribution in [2.24, 2.45) is 11.8 Å². The van der Waals surface area contributed by atoms with Crippen molar-refractivity contribution >= 4 is 22.8 Å². The van der Waals surface area contributed by atoms with Crippen LogP contribution in [-0.2, 0) is 20.9 Å². The number of benzene rings is 1. The summed E-state index contributed by atoms with van der Waals surface area (Å²) in [7, 11) is 0. The molecule has 1 heterocycles. The highest BCUT2D eigenvalue weighted by Crippen LogP contribution is 2.29. The number of hydrogen-bond donors (Lipinski definition) is 1. The van der Waals surface area contributed by atoms with Gasteiger partial charge in [-0.15, -0.1) is 0 Å². The molecule has 1 aliphatic rings. The number of para-hydroxylation sites is 1. The SMILES string of the molecule is C[C@H]1[C@@H](NC(=O)[C@@H](C)OC(=O)Cn2cnc3ccccc3c2=O)CCC[C@@H]1C. The minimum atomic E-state index is -0.916. The number of carbonyl (C=O) groups excluding carboxylic acids is 2. The molecule has 1 fully saturated rings. The molecule has 0 spiro atoms. The Hall–Kier alpha value is -2.70. The lowest BCUT2D eigenvalue weighted by Gasteiger charge is -2.35. The van der Waals surface area contributed by atoms with Gasteiger partial charge in [0.15, 0.2) is 6.10 Å². The van der Waals surface area contributed by atoms with Gasteiger partial charge in [-0.05, 0) is 37.3 Å². The summed E-state index contributed by atoms with van der Waals surface area (Å²) >= 11 is 0. The number of ether oxygens (including phenoxy) is 1. The molecule has 28 heavy (non-hydrogen) atoms. The van der Waals surface area contributed by atoms with Gasteiger partial charge in [-0.1, -0.05) is 38.8 Å². The summed E-state index contributed by atoms with van der Waals surface area (Å²) in [6.45, 7) is 5.60. The van der Waals surface area contributed by atoms with Crippen LogP contribution in [0.3, 0.4) is 0 Å². The van der Waals surface area contributed by atoms with E-state index >= 15 is 0 Å². The van der Waals surface area contributed by atoms with Crippen LogP contribution in [0, 0.1) is 11.8 Å². The van der Waals surface area contributed by atoms with E-state index in [0.29, 0.717) is 22.7 Å². The van der Waals surface area contributed by atoms with E-state index in [1.54, 1.807) is 31.2 Å². The number of nitrogens with zero attached hydrogens (tertiary/aromatic N) is 2. The van der Waals surface area contributed by atoms with Gasteiger partial charge in [-0.3, -0.25) is 19.0 Å². The standard InChI is InChI=1S/C21H27N3O4/c1-13-7-6-10-17(14(13)2)23-20(26)15(3)28-19(25)11-24-12-22-18-9-5-4-8-16(18)21(24)27/h4-5,8-9,12-15,17H,6-7,10-11H2,1-3H3,(H,23,26)/t13-,14+,15+,17-/m0/s1. The first-order chi connectivity index (χ1) is 13.4. The van der Waals surface area contributed by atoms with Crippen LogP contribution < -0.4 is 10.9 Å². The maximum atomic E-state index is 12.4. The summed E-state index contributed by atoms with van der Waals surface area (Å²) in [5, 5.41) is 3.44. The van der Waals surface area contributed by atoms with Gasteiger partial charge in [0, 0.05) is 6.04 Å². The Kier molecular flexibility index (Phi) is 6.11. The quantitative estimate of drug-likeness (QED) is 0.798. The fourth-order valence-corrected chi connectivity index (χ4v) is 3.73. The monoisotopic (exact) mass is 385 g/mol. The second-order valence-electron chi connectivity index (χ2n) is 7.71. The summed E-state index contributed by atoms with van der Waals surface area (Å²) in [5.41, 5.74) is 0.255. The topological polar surface area (TPSA) is 90.3 Å². The molecule has 0 saturated heterocycles. The molecule has 1 aromatic heterocycles. The number of esters is 1. The lowest BCUT2D eigenvalue weighted by Crippen LogP contribution is -2.47. The summed E-state index contributed by atoms with van der Waals surface area (Å²) in [5.74, 6) is 0.00205. The Morgan fingerprint density at radius 2 is 2.04 bits per heavy atom. The number of carbonyl (C=O) groups is 2. The molecule has 1 aromatic carbocycles. The van der Waals surface area contributed by atoms with Crippen LogP contribution in [0.25, 0.3) is 10.9 Å². The number of amides is 1. The van der Waals surface area contributed by atoms with Crippen LogP contribution in [0.4, 0.5) is 0 Å². The second-order valence-corrected chi connectivity index (χ2v) is 7.71. The lowest BCUT2D eigenvalue weighted by molar-refractivity contribution is -0.155. The summed E-state index contributed by atoms with van der Waals surface area (Å²) in [4.78, 5) is 41.3. The van der Waals surface area contributed by atoms with Gasteiger partial charge in [0.1, 0.15) is 6.54 Å². The highest BCUT2D eigenvalue weighted by Gasteiger charge is 2.30. The maximum Gasteiger partial charge on any atom is 0.326 e. The number of nitrogens with one attached hydrogen (secondary N) is 1. The fourth-order valence-electron chi connectivity index (χ4n) is 3.73. The molecule has 2 aromatic rings. The Morgan fingerprint density at radius 3 is 2.82 bits per heavy atom. The van der Waals surface area contributed by atoms with Crippen molar-refractivity contribution in [3.05, 3.63) is 40.9 Å². The number of aromatic nitrogens is 2. The third-order valence-electron chi connectivity index (χ3n) is 5.74. The van der Waals surface area contributed by atoms with Crippen LogP contribution in [0.2, 0.25) is 0 Å². The van der Waals surface area contributed by atoms with Crippen LogP contribution in [0.1, 0.15) is 40.0 Å². The largest absolute Gasteiger partial charge is 0.451 e. The molecule has 1 N–H and O–H groups in total. The van der Waals surface area contributed by atoms with E-state index in [-0.39, 0.29) is 24.1 Å². The normalized spacial score (nSPS) is 23.2. The van der Waals surface area contributed by atoms with Gasteiger partial charge >= 0.3 is 5.97 Å². The van der Waals surface area contributed by atoms with E-state index < -0.39 is 12.1 Å². The molecular weight excluding hydrogens is 358 g/mol. The van der Waals surface area contributed by atoms with Gasteiger partial charge in [-0.25, -0.2) is 4.98 Å². The Labute approximate surface area is 164 Å². The first-order valence-electron chi connectivity index (χ1n) is 9.81. The maximum absolute atomic E-state index is 12.4. The smallest absolute Gasteiger partial charge is 0.326 e. The molecule has 7 nitrogen and oxygen atoms in total. The molecule has 1 saturated carbocycles. The molecule has 0 radical (unpaired) electrons. The predicted molar refractivity (Wildman–Crippen MR) is 106 cm³/mol. The van der Waals surface area contributed by atoms with Crippen molar-refractivity contribution in [1.29, 1.82) is 0 Å². The van der Waals surface area contributed by atoms with Crippen LogP contribution in [0.15, 0.2) is 35.4 Å². The minimum absolute atomic E-state index is 0.102. The minimum Gasteiger partial charge on any atom is -0.451 e. The Morgan fingerprint density at radius 1 is 1.29 bits per heavy atom. The van der Waals surface area contributed by atoms with Crippen molar-refractivity contribution < 1.29 is 14.3 Å². The zero-order valence-electron chi connectivity index (χ0n) is 16.6. The number of rotatable bonds is 5. The van der Waals surface area contributed by atoms with Gasteiger partial charge < -0.3 is 10.1 Å². The summed E-state index contributed by atoms with van der Waals surface area (Å²) in [6.07, 6.45) is 3.61. The van der Waals surface area contributed by atoms with E-state index in [1.807, 2.05) is 0 Å². The number of fused-ring (bicyclic) bond motifs is 1. The molecule has 0 aliphatic heterocycles. The molecule has 4 atom stereocenters. The highest BCUT2D eigenvalue weighted by atomic mass is 16.5. The van der Waals surface area contributed by atoms with E-state index in [0.717, 1.165) is 12.8 Å². The second kappa shape index (κ2) is 8.54. The third kappa shape index (κ3) is 4.40. The zero-order chi connectivity index (χ0) is 20.3. The molecule has 7 heteroatoms. The molecule has 0 unspecified atom stereocenters. The average molecular weight is 385 g/mol. The van der Waals surface area contributed by atoms with E-state index in [2.05, 4.69) is 24.1 Å². The molecule has 0 bridgehead atoms. The molecule has 3 rings (SSSR count). The van der Waals surface area contributed by atoms with Crippen LogP contribution >= 0.6 is 0 Å². The van der Waals surface area contributed by atoms with Crippen molar-refractivity contribution in [2.45, 2.75) is 58.7 Å². The summed E-state index contributed by atoms with van der Waals surface area (Å²) in [6, 6.07) is 7.04. The Bertz CT molecular complexity index is 923. The van der Waals surface area contributed by atoms with Gasteiger partial charge in [0.25, 0.3) is 11.5 Å². The number of hydrogen-bond acceptors (Lipinski definition) is 5. The first-order valence-corrected chi connectivity index (χ1v) is 9.81. The fraction of sp³-hybridized carbons (Fsp3) is 0.524. The van der Waals surface area contributed by atoms with Crippen LogP contribution in [-0.4, -0.2) is 33.6 Å². The van der Waals surface area contributed by atoms with E-state index in [4.69, 9.17) is 4.74 Å². The van der Waals surface area contributed by atoms with Gasteiger partial charge in [0.05, 0.1) is 17.2 Å². The summed E-state index contributed by atoms with van der Waals surface area (Å²) < 4.78 is 6.44. The van der Waals surface area contributed by atoms with Crippen molar-refractivity contribution in [3.63, 3.8) is 0 Å². The molecular formula is C21H27N3O4. The van der Waals surface area contributed by atoms with Crippen molar-refractivity contribution in [2.75, 3.05) is 0 Å². The van der Waals surface area contributed by atoms with E-state index in [1.165, 1.54) is 17.3 Å². The lowest BCUT2D eigenvalue weighted by atomic mass is 9.78. The highest BCUT2D eigenvalue weighted by molar-refractivity contribution is 5.83. The molecule has 1 amide bonds. The molecule has 1 aliphatic carbocycles. The third-order valence-corrected chi connectivity index (χ3v) is 5.74.